The monoisotopic (exact) mass is 553 g/mol. The zero-order chi connectivity index (χ0) is 28.6. The summed E-state index contributed by atoms with van der Waals surface area (Å²) in [6, 6.07) is 44.2. The van der Waals surface area contributed by atoms with Crippen LogP contribution in [0.1, 0.15) is 16.7 Å². The van der Waals surface area contributed by atoms with E-state index in [9.17, 15) is 5.26 Å². The molecule has 1 heterocycles. The molecule has 0 spiro atoms. The van der Waals surface area contributed by atoms with Gasteiger partial charge in [-0.25, -0.2) is 0 Å². The highest BCUT2D eigenvalue weighted by Crippen LogP contribution is 2.47. The van der Waals surface area contributed by atoms with Gasteiger partial charge in [-0.15, -0.1) is 0 Å². The first-order chi connectivity index (χ1) is 20.8. The van der Waals surface area contributed by atoms with Crippen LogP contribution in [0.25, 0.3) is 22.3 Å². The molecule has 208 valence electrons. The molecule has 0 saturated carbocycles. The van der Waals surface area contributed by atoms with E-state index >= 15 is 0 Å². The van der Waals surface area contributed by atoms with Crippen molar-refractivity contribution in [2.75, 3.05) is 13.2 Å². The van der Waals surface area contributed by atoms with Crippen molar-refractivity contribution < 1.29 is 18.9 Å². The lowest BCUT2D eigenvalue weighted by Crippen LogP contribution is -2.44. The zero-order valence-corrected chi connectivity index (χ0v) is 23.2. The minimum atomic E-state index is -0.495. The lowest BCUT2D eigenvalue weighted by molar-refractivity contribution is -0.0552. The molecule has 1 aliphatic rings. The molecule has 6 rings (SSSR count). The second kappa shape index (κ2) is 13.2. The summed E-state index contributed by atoms with van der Waals surface area (Å²) in [4.78, 5) is 0. The van der Waals surface area contributed by atoms with Gasteiger partial charge in [0.25, 0.3) is 0 Å². The fourth-order valence-corrected chi connectivity index (χ4v) is 5.22. The highest BCUT2D eigenvalue weighted by atomic mass is 16.6. The molecule has 5 nitrogen and oxygen atoms in total. The van der Waals surface area contributed by atoms with E-state index in [1.54, 1.807) is 0 Å². The maximum absolute atomic E-state index is 10.2. The Bertz CT molecular complexity index is 1650. The first-order valence-corrected chi connectivity index (χ1v) is 14.1. The molecule has 0 radical (unpaired) electrons. The molecule has 5 aromatic rings. The molecule has 0 saturated heterocycles. The predicted octanol–water partition coefficient (Wildman–Crippen LogP) is 7.83. The molecule has 5 aromatic carbocycles. The number of nitriles is 1. The number of hydrogen-bond acceptors (Lipinski definition) is 5. The smallest absolute Gasteiger partial charge is 0.161 e. The van der Waals surface area contributed by atoms with E-state index in [0.29, 0.717) is 35.8 Å². The van der Waals surface area contributed by atoms with Gasteiger partial charge in [-0.2, -0.15) is 5.26 Å². The van der Waals surface area contributed by atoms with Crippen molar-refractivity contribution in [3.63, 3.8) is 0 Å². The third-order valence-electron chi connectivity index (χ3n) is 7.27. The second-order valence-corrected chi connectivity index (χ2v) is 10.1. The molecule has 0 unspecified atom stereocenters. The molecule has 0 amide bonds. The van der Waals surface area contributed by atoms with Gasteiger partial charge in [0.2, 0.25) is 0 Å². The van der Waals surface area contributed by atoms with Crippen LogP contribution in [0.4, 0.5) is 0 Å². The average molecular weight is 554 g/mol. The summed E-state index contributed by atoms with van der Waals surface area (Å²) in [5.74, 6) is 1.29. The number of benzene rings is 5. The van der Waals surface area contributed by atoms with Crippen molar-refractivity contribution in [1.82, 2.24) is 0 Å². The number of ether oxygens (including phenoxy) is 4. The molecular weight excluding hydrogens is 522 g/mol. The van der Waals surface area contributed by atoms with Crippen molar-refractivity contribution in [3.8, 4) is 39.8 Å². The highest BCUT2D eigenvalue weighted by Gasteiger charge is 2.33. The van der Waals surface area contributed by atoms with Crippen LogP contribution in [-0.4, -0.2) is 25.4 Å². The Hall–Kier alpha value is -4.89. The molecule has 42 heavy (non-hydrogen) atoms. The fourth-order valence-electron chi connectivity index (χ4n) is 5.22. The lowest BCUT2D eigenvalue weighted by atomic mass is 9.90. The Kier molecular flexibility index (Phi) is 8.56. The van der Waals surface area contributed by atoms with E-state index in [1.165, 1.54) is 0 Å². The summed E-state index contributed by atoms with van der Waals surface area (Å²) in [5, 5.41) is 10.2. The number of rotatable bonds is 9. The molecule has 0 fully saturated rings. The Balaban J connectivity index is 1.38. The van der Waals surface area contributed by atoms with Gasteiger partial charge in [0.15, 0.2) is 12.2 Å². The van der Waals surface area contributed by atoms with Crippen LogP contribution in [0.3, 0.4) is 0 Å². The number of fused-ring (bicyclic) bond motifs is 3. The largest absolute Gasteiger partial charge is 0.483 e. The summed E-state index contributed by atoms with van der Waals surface area (Å²) in [7, 11) is 0. The Morgan fingerprint density at radius 1 is 0.548 bits per heavy atom. The van der Waals surface area contributed by atoms with Crippen molar-refractivity contribution in [1.29, 1.82) is 5.26 Å². The van der Waals surface area contributed by atoms with Gasteiger partial charge in [0, 0.05) is 11.1 Å². The number of nitrogens with zero attached hydrogens (tertiary/aromatic N) is 1. The topological polar surface area (TPSA) is 60.7 Å². The molecule has 2 atom stereocenters. The van der Waals surface area contributed by atoms with Gasteiger partial charge in [-0.05, 0) is 40.5 Å². The molecule has 0 aliphatic carbocycles. The molecule has 0 N–H and O–H groups in total. The van der Waals surface area contributed by atoms with E-state index in [-0.39, 0.29) is 13.2 Å². The van der Waals surface area contributed by atoms with Gasteiger partial charge < -0.3 is 18.9 Å². The van der Waals surface area contributed by atoms with Crippen LogP contribution < -0.4 is 9.47 Å². The standard InChI is InChI=1S/C37H31NO4/c38-22-30-18-10-20-32-36(30)37-31(29-16-8-3-9-17-29)19-11-21-33(37)42-35(26-40-24-28-14-6-2-7-15-28)34(41-32)25-39-23-27-12-4-1-5-13-27/h1-21,34-35H,23-26H2/t34-,35-/m1/s1. The van der Waals surface area contributed by atoms with Gasteiger partial charge >= 0.3 is 0 Å². The average Bonchev–Trinajstić information content (AvgIpc) is 3.04. The van der Waals surface area contributed by atoms with Crippen molar-refractivity contribution in [2.45, 2.75) is 25.4 Å². The van der Waals surface area contributed by atoms with Crippen LogP contribution in [-0.2, 0) is 22.7 Å². The van der Waals surface area contributed by atoms with Gasteiger partial charge in [-0.3, -0.25) is 0 Å². The van der Waals surface area contributed by atoms with Crippen molar-refractivity contribution in [2.24, 2.45) is 0 Å². The lowest BCUT2D eigenvalue weighted by Gasteiger charge is -2.33. The van der Waals surface area contributed by atoms with E-state index in [1.807, 2.05) is 109 Å². The maximum atomic E-state index is 10.2. The van der Waals surface area contributed by atoms with Crippen LogP contribution in [0.15, 0.2) is 127 Å². The summed E-state index contributed by atoms with van der Waals surface area (Å²) >= 11 is 0. The van der Waals surface area contributed by atoms with Crippen LogP contribution in [0.5, 0.6) is 11.5 Å². The number of hydrogen-bond donors (Lipinski definition) is 0. The maximum Gasteiger partial charge on any atom is 0.161 e. The third-order valence-corrected chi connectivity index (χ3v) is 7.27. The van der Waals surface area contributed by atoms with Gasteiger partial charge in [-0.1, -0.05) is 109 Å². The molecule has 1 aliphatic heterocycles. The van der Waals surface area contributed by atoms with E-state index < -0.39 is 12.2 Å². The summed E-state index contributed by atoms with van der Waals surface area (Å²) in [6.07, 6.45) is -0.973. The molecule has 0 aromatic heterocycles. The predicted molar refractivity (Wildman–Crippen MR) is 163 cm³/mol. The Labute approximate surface area is 246 Å². The normalized spacial score (nSPS) is 15.6. The second-order valence-electron chi connectivity index (χ2n) is 10.1. The van der Waals surface area contributed by atoms with Gasteiger partial charge in [0.1, 0.15) is 11.5 Å². The van der Waals surface area contributed by atoms with Crippen LogP contribution in [0.2, 0.25) is 0 Å². The first-order valence-electron chi connectivity index (χ1n) is 14.1. The summed E-state index contributed by atoms with van der Waals surface area (Å²) < 4.78 is 25.8. The van der Waals surface area contributed by atoms with Crippen molar-refractivity contribution >= 4 is 0 Å². The molecular formula is C37H31NO4. The SMILES string of the molecule is N#Cc1cccc2c1-c1c(cccc1-c1ccccc1)O[C@H](COCc1ccccc1)[C@@H](COCc1ccccc1)O2. The Morgan fingerprint density at radius 2 is 1.05 bits per heavy atom. The minimum absolute atomic E-state index is 0.276. The zero-order valence-electron chi connectivity index (χ0n) is 23.2. The molecule has 0 bridgehead atoms. The third kappa shape index (κ3) is 6.21. The summed E-state index contributed by atoms with van der Waals surface area (Å²) in [6.45, 7) is 1.46. The fraction of sp³-hybridized carbons (Fsp3) is 0.162. The van der Waals surface area contributed by atoms with Crippen molar-refractivity contribution in [3.05, 3.63) is 144 Å². The van der Waals surface area contributed by atoms with Crippen LogP contribution in [0, 0.1) is 11.3 Å². The Morgan fingerprint density at radius 3 is 1.60 bits per heavy atom. The minimum Gasteiger partial charge on any atom is -0.483 e. The van der Waals surface area contributed by atoms with E-state index in [4.69, 9.17) is 18.9 Å². The molecule has 5 heteroatoms. The van der Waals surface area contributed by atoms with Crippen LogP contribution >= 0.6 is 0 Å². The first kappa shape index (κ1) is 27.3. The van der Waals surface area contributed by atoms with E-state index in [0.717, 1.165) is 27.8 Å². The van der Waals surface area contributed by atoms with Gasteiger partial charge in [0.05, 0.1) is 38.1 Å². The highest BCUT2D eigenvalue weighted by molar-refractivity contribution is 5.92. The van der Waals surface area contributed by atoms with E-state index in [2.05, 4.69) is 24.3 Å². The quantitative estimate of drug-likeness (QED) is 0.186. The summed E-state index contributed by atoms with van der Waals surface area (Å²) in [5.41, 5.74) is 6.20.